The number of ether oxygens (including phenoxy) is 1. The third kappa shape index (κ3) is 3.68. The molecule has 1 aliphatic heterocycles. The summed E-state index contributed by atoms with van der Waals surface area (Å²) in [5.41, 5.74) is -0.573. The second-order valence-corrected chi connectivity index (χ2v) is 5.01. The second-order valence-electron chi connectivity index (χ2n) is 4.22. The first kappa shape index (κ1) is 14.3. The topological polar surface area (TPSA) is 73.2 Å². The molecule has 0 saturated carbocycles. The van der Waals surface area contributed by atoms with Gasteiger partial charge in [0.05, 0.1) is 11.2 Å². The second kappa shape index (κ2) is 6.36. The minimum Gasteiger partial charge on any atom is -0.381 e. The molecular formula is C11H13Cl2N3O3. The molecule has 6 nitrogen and oxygen atoms in total. The normalized spacial score (nSPS) is 16.3. The van der Waals surface area contributed by atoms with Crippen LogP contribution in [-0.4, -0.2) is 34.9 Å². The Kier molecular flexibility index (Phi) is 4.79. The smallest absolute Gasteiger partial charge is 0.287 e. The fourth-order valence-corrected chi connectivity index (χ4v) is 2.08. The van der Waals surface area contributed by atoms with Gasteiger partial charge in [-0.25, -0.2) is 4.68 Å². The van der Waals surface area contributed by atoms with Gasteiger partial charge in [-0.3, -0.25) is 9.59 Å². The average molecular weight is 306 g/mol. The van der Waals surface area contributed by atoms with Gasteiger partial charge in [0, 0.05) is 19.3 Å². The van der Waals surface area contributed by atoms with Gasteiger partial charge in [-0.2, -0.15) is 5.10 Å². The van der Waals surface area contributed by atoms with Crippen LogP contribution in [-0.2, 0) is 16.1 Å². The quantitative estimate of drug-likeness (QED) is 0.898. The van der Waals surface area contributed by atoms with E-state index in [0.717, 1.165) is 17.5 Å². The molecule has 0 aliphatic carbocycles. The van der Waals surface area contributed by atoms with Crippen molar-refractivity contribution < 1.29 is 9.53 Å². The molecule has 0 spiro atoms. The van der Waals surface area contributed by atoms with Gasteiger partial charge in [0.25, 0.3) is 5.56 Å². The van der Waals surface area contributed by atoms with Crippen molar-refractivity contribution in [3.63, 3.8) is 0 Å². The molecule has 1 amide bonds. The Balaban J connectivity index is 1.99. The van der Waals surface area contributed by atoms with E-state index in [1.807, 2.05) is 0 Å². The molecule has 2 heterocycles. The molecule has 0 radical (unpaired) electrons. The molecule has 0 unspecified atom stereocenters. The highest BCUT2D eigenvalue weighted by atomic mass is 35.5. The molecule has 8 heteroatoms. The van der Waals surface area contributed by atoms with E-state index >= 15 is 0 Å². The van der Waals surface area contributed by atoms with Crippen LogP contribution in [0.3, 0.4) is 0 Å². The molecule has 0 aromatic carbocycles. The average Bonchev–Trinajstić information content (AvgIpc) is 2.41. The summed E-state index contributed by atoms with van der Waals surface area (Å²) in [6.07, 6.45) is 2.79. The summed E-state index contributed by atoms with van der Waals surface area (Å²) >= 11 is 11.4. The Hall–Kier alpha value is -1.11. The van der Waals surface area contributed by atoms with Crippen molar-refractivity contribution in [2.24, 2.45) is 0 Å². The number of carbonyl (C=O) groups excluding carboxylic acids is 1. The Morgan fingerprint density at radius 2 is 2.16 bits per heavy atom. The van der Waals surface area contributed by atoms with Crippen molar-refractivity contribution in [3.05, 3.63) is 26.6 Å². The van der Waals surface area contributed by atoms with Crippen molar-refractivity contribution in [2.45, 2.75) is 25.4 Å². The van der Waals surface area contributed by atoms with E-state index in [2.05, 4.69) is 10.4 Å². The maximum atomic E-state index is 11.8. The van der Waals surface area contributed by atoms with Gasteiger partial charge in [-0.1, -0.05) is 23.2 Å². The molecule has 0 atom stereocenters. The van der Waals surface area contributed by atoms with E-state index in [4.69, 9.17) is 27.9 Å². The van der Waals surface area contributed by atoms with Crippen LogP contribution in [0.25, 0.3) is 0 Å². The summed E-state index contributed by atoms with van der Waals surface area (Å²) in [5, 5.41) is 6.56. The third-order valence-electron chi connectivity index (χ3n) is 2.82. The number of aromatic nitrogens is 2. The lowest BCUT2D eigenvalue weighted by Crippen LogP contribution is -2.42. The highest BCUT2D eigenvalue weighted by Gasteiger charge is 2.17. The summed E-state index contributed by atoms with van der Waals surface area (Å²) in [6.45, 7) is 1.10. The van der Waals surface area contributed by atoms with Crippen LogP contribution in [0, 0.1) is 0 Å². The fraction of sp³-hybridized carbons (Fsp3) is 0.545. The first-order valence-electron chi connectivity index (χ1n) is 5.86. The van der Waals surface area contributed by atoms with E-state index in [0.29, 0.717) is 13.2 Å². The zero-order valence-electron chi connectivity index (χ0n) is 10.1. The van der Waals surface area contributed by atoms with Crippen LogP contribution >= 0.6 is 23.2 Å². The summed E-state index contributed by atoms with van der Waals surface area (Å²) in [5.74, 6) is -0.278. The zero-order chi connectivity index (χ0) is 13.8. The number of carbonyl (C=O) groups is 1. The van der Waals surface area contributed by atoms with Crippen molar-refractivity contribution in [1.29, 1.82) is 0 Å². The molecule has 104 valence electrons. The first-order chi connectivity index (χ1) is 9.08. The predicted octanol–water partition coefficient (Wildman–Crippen LogP) is 0.845. The molecule has 19 heavy (non-hydrogen) atoms. The van der Waals surface area contributed by atoms with Gasteiger partial charge >= 0.3 is 0 Å². The molecule has 1 aliphatic rings. The number of nitrogens with one attached hydrogen (secondary N) is 1. The Bertz CT molecular complexity index is 526. The third-order valence-corrected chi connectivity index (χ3v) is 3.57. The minimum atomic E-state index is -0.573. The van der Waals surface area contributed by atoms with Crippen molar-refractivity contribution in [1.82, 2.24) is 15.1 Å². The number of nitrogens with zero attached hydrogens (tertiary/aromatic N) is 2. The molecule has 1 aromatic rings. The summed E-state index contributed by atoms with van der Waals surface area (Å²) in [4.78, 5) is 23.5. The molecule has 1 N–H and O–H groups in total. The minimum absolute atomic E-state index is 0.0766. The van der Waals surface area contributed by atoms with Gasteiger partial charge in [-0.15, -0.1) is 0 Å². The van der Waals surface area contributed by atoms with E-state index in [9.17, 15) is 9.59 Å². The monoisotopic (exact) mass is 305 g/mol. The van der Waals surface area contributed by atoms with Crippen LogP contribution in [0.2, 0.25) is 10.0 Å². The number of rotatable bonds is 3. The Morgan fingerprint density at radius 1 is 1.47 bits per heavy atom. The molecule has 0 bridgehead atoms. The van der Waals surface area contributed by atoms with Crippen LogP contribution in [0.4, 0.5) is 0 Å². The maximum Gasteiger partial charge on any atom is 0.287 e. The SMILES string of the molecule is O=C(Cn1ncc(Cl)c(Cl)c1=O)NC1CCOCC1. The first-order valence-corrected chi connectivity index (χ1v) is 6.61. The van der Waals surface area contributed by atoms with E-state index in [1.54, 1.807) is 0 Å². The van der Waals surface area contributed by atoms with Crippen molar-refractivity contribution in [3.8, 4) is 0 Å². The number of hydrogen-bond donors (Lipinski definition) is 1. The number of hydrogen-bond acceptors (Lipinski definition) is 4. The van der Waals surface area contributed by atoms with E-state index in [-0.39, 0.29) is 28.5 Å². The van der Waals surface area contributed by atoms with Gasteiger partial charge in [0.15, 0.2) is 0 Å². The molecule has 2 rings (SSSR count). The predicted molar refractivity (Wildman–Crippen MR) is 70.5 cm³/mol. The van der Waals surface area contributed by atoms with Gasteiger partial charge in [0.2, 0.25) is 5.91 Å². The van der Waals surface area contributed by atoms with Crippen LogP contribution in [0.1, 0.15) is 12.8 Å². The van der Waals surface area contributed by atoms with Gasteiger partial charge in [0.1, 0.15) is 11.6 Å². The van der Waals surface area contributed by atoms with Crippen LogP contribution in [0.5, 0.6) is 0 Å². The van der Waals surface area contributed by atoms with Crippen molar-refractivity contribution >= 4 is 29.1 Å². The lowest BCUT2D eigenvalue weighted by Gasteiger charge is -2.23. The van der Waals surface area contributed by atoms with Gasteiger partial charge in [-0.05, 0) is 12.8 Å². The van der Waals surface area contributed by atoms with Crippen molar-refractivity contribution in [2.75, 3.05) is 13.2 Å². The number of amides is 1. The Morgan fingerprint density at radius 3 is 2.84 bits per heavy atom. The lowest BCUT2D eigenvalue weighted by atomic mass is 10.1. The molecular weight excluding hydrogens is 293 g/mol. The maximum absolute atomic E-state index is 11.8. The van der Waals surface area contributed by atoms with Crippen LogP contribution < -0.4 is 10.9 Å². The number of halogens is 2. The van der Waals surface area contributed by atoms with E-state index < -0.39 is 5.56 Å². The standard InChI is InChI=1S/C11H13Cl2N3O3/c12-8-5-14-16(11(18)10(8)13)6-9(17)15-7-1-3-19-4-2-7/h5,7H,1-4,6H2,(H,15,17). The van der Waals surface area contributed by atoms with Gasteiger partial charge < -0.3 is 10.1 Å². The zero-order valence-corrected chi connectivity index (χ0v) is 11.6. The summed E-state index contributed by atoms with van der Waals surface area (Å²) in [6, 6.07) is 0.0831. The highest BCUT2D eigenvalue weighted by molar-refractivity contribution is 6.41. The fourth-order valence-electron chi connectivity index (χ4n) is 1.81. The van der Waals surface area contributed by atoms with Crippen LogP contribution in [0.15, 0.2) is 11.0 Å². The molecule has 1 saturated heterocycles. The summed E-state index contributed by atoms with van der Waals surface area (Å²) in [7, 11) is 0. The largest absolute Gasteiger partial charge is 0.381 e. The molecule has 1 fully saturated rings. The van der Waals surface area contributed by atoms with E-state index in [1.165, 1.54) is 6.20 Å². The lowest BCUT2D eigenvalue weighted by molar-refractivity contribution is -0.123. The molecule has 1 aromatic heterocycles. The summed E-state index contributed by atoms with van der Waals surface area (Å²) < 4.78 is 6.19. The Labute approximate surface area is 119 Å². The highest BCUT2D eigenvalue weighted by Crippen LogP contribution is 2.14.